The minimum absolute atomic E-state index is 0.244. The molecule has 0 bridgehead atoms. The van der Waals surface area contributed by atoms with Crippen LogP contribution in [0.15, 0.2) is 41.6 Å². The van der Waals surface area contributed by atoms with Gasteiger partial charge >= 0.3 is 5.97 Å². The Morgan fingerprint density at radius 2 is 1.90 bits per heavy atom. The van der Waals surface area contributed by atoms with Crippen LogP contribution in [0.2, 0.25) is 0 Å². The zero-order chi connectivity index (χ0) is 15.6. The van der Waals surface area contributed by atoms with Crippen molar-refractivity contribution in [3.8, 4) is 0 Å². The normalized spacial score (nSPS) is 11.1. The average molecular weight is 314 g/mol. The van der Waals surface area contributed by atoms with Gasteiger partial charge in [0.25, 0.3) is 10.0 Å². The van der Waals surface area contributed by atoms with Crippen LogP contribution in [0, 0.1) is 11.6 Å². The Labute approximate surface area is 118 Å². The molecule has 0 atom stereocenters. The van der Waals surface area contributed by atoms with Gasteiger partial charge in [0.15, 0.2) is 11.6 Å². The van der Waals surface area contributed by atoms with Gasteiger partial charge in [0.2, 0.25) is 0 Å². The predicted molar refractivity (Wildman–Crippen MR) is 68.4 cm³/mol. The highest BCUT2D eigenvalue weighted by atomic mass is 32.2. The van der Waals surface area contributed by atoms with E-state index in [1.807, 2.05) is 4.72 Å². The molecular formula is C12H8F2N2O4S. The Morgan fingerprint density at radius 1 is 1.24 bits per heavy atom. The maximum atomic E-state index is 13.2. The maximum absolute atomic E-state index is 13.2. The fraction of sp³-hybridized carbons (Fsp3) is 0. The summed E-state index contributed by atoms with van der Waals surface area (Å²) in [6.07, 6.45) is 2.38. The lowest BCUT2D eigenvalue weighted by Crippen LogP contribution is -2.16. The van der Waals surface area contributed by atoms with Crippen LogP contribution in [0.25, 0.3) is 0 Å². The van der Waals surface area contributed by atoms with Crippen molar-refractivity contribution < 1.29 is 27.1 Å². The summed E-state index contributed by atoms with van der Waals surface area (Å²) in [6, 6.07) is 3.44. The molecule has 110 valence electrons. The number of hydrogen-bond donors (Lipinski definition) is 2. The summed E-state index contributed by atoms with van der Waals surface area (Å²) in [7, 11) is -4.16. The molecule has 2 N–H and O–H groups in total. The predicted octanol–water partition coefficient (Wildman–Crippen LogP) is 1.86. The van der Waals surface area contributed by atoms with E-state index in [1.54, 1.807) is 0 Å². The van der Waals surface area contributed by atoms with Crippen LogP contribution < -0.4 is 4.72 Å². The Hall–Kier alpha value is -2.55. The summed E-state index contributed by atoms with van der Waals surface area (Å²) in [5.41, 5.74) is -1.29. The van der Waals surface area contributed by atoms with Crippen LogP contribution in [-0.4, -0.2) is 24.5 Å². The zero-order valence-corrected chi connectivity index (χ0v) is 11.1. The Bertz CT molecular complexity index is 794. The van der Waals surface area contributed by atoms with E-state index in [0.717, 1.165) is 6.20 Å². The highest BCUT2D eigenvalue weighted by molar-refractivity contribution is 7.92. The molecule has 0 spiro atoms. The molecule has 0 aliphatic rings. The third-order valence-corrected chi connectivity index (χ3v) is 3.83. The summed E-state index contributed by atoms with van der Waals surface area (Å²) in [5, 5.41) is 8.91. The molecule has 21 heavy (non-hydrogen) atoms. The van der Waals surface area contributed by atoms with Crippen LogP contribution in [0.3, 0.4) is 0 Å². The Kier molecular flexibility index (Phi) is 3.85. The summed E-state index contributed by atoms with van der Waals surface area (Å²) in [4.78, 5) is 14.3. The van der Waals surface area contributed by atoms with Crippen LogP contribution in [0.4, 0.5) is 14.5 Å². The van der Waals surface area contributed by atoms with Crippen LogP contribution >= 0.6 is 0 Å². The third-order valence-electron chi connectivity index (χ3n) is 2.48. The minimum atomic E-state index is -4.16. The summed E-state index contributed by atoms with van der Waals surface area (Å²) >= 11 is 0. The van der Waals surface area contributed by atoms with Crippen LogP contribution in [0.5, 0.6) is 0 Å². The number of pyridine rings is 1. The lowest BCUT2D eigenvalue weighted by atomic mass is 10.2. The van der Waals surface area contributed by atoms with E-state index in [-0.39, 0.29) is 4.90 Å². The van der Waals surface area contributed by atoms with Gasteiger partial charge in [0.1, 0.15) is 4.90 Å². The monoisotopic (exact) mass is 314 g/mol. The van der Waals surface area contributed by atoms with Crippen LogP contribution in [-0.2, 0) is 10.0 Å². The van der Waals surface area contributed by atoms with E-state index in [9.17, 15) is 22.0 Å². The minimum Gasteiger partial charge on any atom is -0.478 e. The average Bonchev–Trinajstić information content (AvgIpc) is 2.43. The molecule has 0 fully saturated rings. The van der Waals surface area contributed by atoms with Crippen LogP contribution in [0.1, 0.15) is 10.4 Å². The number of halogens is 2. The van der Waals surface area contributed by atoms with E-state index in [1.165, 1.54) is 18.3 Å². The molecule has 2 aromatic rings. The standard InChI is InChI=1S/C12H8F2N2O4S/c13-9-4-8(12(17)18)11(5-10(9)14)16-21(19,20)7-2-1-3-15-6-7/h1-6,16H,(H,17,18). The molecule has 1 aromatic carbocycles. The number of sulfonamides is 1. The smallest absolute Gasteiger partial charge is 0.337 e. The first-order chi connectivity index (χ1) is 9.81. The summed E-state index contributed by atoms with van der Waals surface area (Å²) < 4.78 is 52.2. The van der Waals surface area contributed by atoms with E-state index in [2.05, 4.69) is 4.98 Å². The molecule has 9 heteroatoms. The topological polar surface area (TPSA) is 96.4 Å². The molecule has 6 nitrogen and oxygen atoms in total. The quantitative estimate of drug-likeness (QED) is 0.898. The number of aromatic nitrogens is 1. The number of nitrogens with one attached hydrogen (secondary N) is 1. The fourth-order valence-electron chi connectivity index (χ4n) is 1.52. The summed E-state index contributed by atoms with van der Waals surface area (Å²) in [6.45, 7) is 0. The van der Waals surface area contributed by atoms with Crippen molar-refractivity contribution in [2.24, 2.45) is 0 Å². The number of carboxylic acid groups (broad SMARTS) is 1. The van der Waals surface area contributed by atoms with Gasteiger partial charge in [-0.15, -0.1) is 0 Å². The van der Waals surface area contributed by atoms with E-state index < -0.39 is 38.9 Å². The molecule has 0 saturated heterocycles. The molecule has 0 unspecified atom stereocenters. The number of benzene rings is 1. The number of carbonyl (C=O) groups is 1. The first-order valence-corrected chi connectivity index (χ1v) is 6.95. The second kappa shape index (κ2) is 5.44. The van der Waals surface area contributed by atoms with Crippen molar-refractivity contribution in [2.45, 2.75) is 4.90 Å². The Morgan fingerprint density at radius 3 is 2.48 bits per heavy atom. The zero-order valence-electron chi connectivity index (χ0n) is 10.2. The van der Waals surface area contributed by atoms with Crippen molar-refractivity contribution in [3.63, 3.8) is 0 Å². The highest BCUT2D eigenvalue weighted by Gasteiger charge is 2.21. The molecule has 1 heterocycles. The molecule has 0 aliphatic heterocycles. The molecular weight excluding hydrogens is 306 g/mol. The second-order valence-corrected chi connectivity index (χ2v) is 5.59. The number of hydrogen-bond acceptors (Lipinski definition) is 4. The van der Waals surface area contributed by atoms with Crippen molar-refractivity contribution >= 4 is 21.7 Å². The van der Waals surface area contributed by atoms with Gasteiger partial charge in [0, 0.05) is 18.5 Å². The van der Waals surface area contributed by atoms with Crippen molar-refractivity contribution in [3.05, 3.63) is 53.9 Å². The van der Waals surface area contributed by atoms with Crippen molar-refractivity contribution in [1.82, 2.24) is 4.98 Å². The van der Waals surface area contributed by atoms with Gasteiger partial charge in [-0.1, -0.05) is 0 Å². The SMILES string of the molecule is O=C(O)c1cc(F)c(F)cc1NS(=O)(=O)c1cccnc1. The molecule has 2 rings (SSSR count). The third kappa shape index (κ3) is 3.14. The van der Waals surface area contributed by atoms with Gasteiger partial charge in [-0.3, -0.25) is 9.71 Å². The molecule has 0 amide bonds. The highest BCUT2D eigenvalue weighted by Crippen LogP contribution is 2.23. The van der Waals surface area contributed by atoms with E-state index in [4.69, 9.17) is 5.11 Å². The van der Waals surface area contributed by atoms with Gasteiger partial charge in [-0.25, -0.2) is 22.0 Å². The first kappa shape index (κ1) is 14.9. The number of anilines is 1. The number of aromatic carboxylic acids is 1. The molecule has 1 aromatic heterocycles. The van der Waals surface area contributed by atoms with E-state index >= 15 is 0 Å². The van der Waals surface area contributed by atoms with Crippen molar-refractivity contribution in [1.29, 1.82) is 0 Å². The van der Waals surface area contributed by atoms with Gasteiger partial charge in [-0.05, 0) is 18.2 Å². The summed E-state index contributed by atoms with van der Waals surface area (Å²) in [5.74, 6) is -4.36. The maximum Gasteiger partial charge on any atom is 0.337 e. The van der Waals surface area contributed by atoms with Crippen molar-refractivity contribution in [2.75, 3.05) is 4.72 Å². The molecule has 0 aliphatic carbocycles. The first-order valence-electron chi connectivity index (χ1n) is 5.46. The second-order valence-electron chi connectivity index (χ2n) is 3.91. The molecule has 0 radical (unpaired) electrons. The lowest BCUT2D eigenvalue weighted by Gasteiger charge is -2.10. The van der Waals surface area contributed by atoms with Gasteiger partial charge in [0.05, 0.1) is 11.3 Å². The van der Waals surface area contributed by atoms with Gasteiger partial charge < -0.3 is 5.11 Å². The van der Waals surface area contributed by atoms with Gasteiger partial charge in [-0.2, -0.15) is 0 Å². The lowest BCUT2D eigenvalue weighted by molar-refractivity contribution is 0.0697. The Balaban J connectivity index is 2.49. The largest absolute Gasteiger partial charge is 0.478 e. The number of rotatable bonds is 4. The molecule has 0 saturated carbocycles. The van der Waals surface area contributed by atoms with E-state index in [0.29, 0.717) is 12.1 Å². The fourth-order valence-corrected chi connectivity index (χ4v) is 2.55. The number of carboxylic acids is 1. The number of nitrogens with zero attached hydrogens (tertiary/aromatic N) is 1.